The number of hydrogen-bond acceptors (Lipinski definition) is 6. The van der Waals surface area contributed by atoms with Crippen molar-refractivity contribution in [2.24, 2.45) is 4.99 Å². The first-order chi connectivity index (χ1) is 14.7. The van der Waals surface area contributed by atoms with Gasteiger partial charge in [0.2, 0.25) is 0 Å². The van der Waals surface area contributed by atoms with Crippen molar-refractivity contribution in [1.82, 2.24) is 14.8 Å². The number of Topliss-reactive ketones (excluding diaryl/α,β-unsaturated/α-hetero) is 2. The molecule has 0 bridgehead atoms. The van der Waals surface area contributed by atoms with E-state index < -0.39 is 0 Å². The highest BCUT2D eigenvalue weighted by Crippen LogP contribution is 2.39. The zero-order valence-electron chi connectivity index (χ0n) is 18.9. The number of carbonyl (C=O) groups excluding carboxylic acids is 2. The fourth-order valence-corrected chi connectivity index (χ4v) is 4.69. The lowest BCUT2D eigenvalue weighted by Gasteiger charge is -2.11. The minimum absolute atomic E-state index is 0.167. The first kappa shape index (κ1) is 22.7. The van der Waals surface area contributed by atoms with Gasteiger partial charge in [0, 0.05) is 28.8 Å². The molecular formula is C24H28N4O2S. The van der Waals surface area contributed by atoms with Gasteiger partial charge in [-0.25, -0.2) is 0 Å². The Kier molecular flexibility index (Phi) is 6.95. The highest BCUT2D eigenvalue weighted by atomic mass is 32.1. The summed E-state index contributed by atoms with van der Waals surface area (Å²) in [5.74, 6) is 1.93. The lowest BCUT2D eigenvalue weighted by atomic mass is 9.99. The highest BCUT2D eigenvalue weighted by Gasteiger charge is 2.31. The number of aryl methyl sites for hydroxylation is 2. The molecule has 162 valence electrons. The topological polar surface area (TPSA) is 77.2 Å². The molecule has 2 aromatic heterocycles. The molecule has 0 N–H and O–H groups in total. The van der Waals surface area contributed by atoms with Crippen LogP contribution >= 0.6 is 11.3 Å². The van der Waals surface area contributed by atoms with Crippen LogP contribution in [0.15, 0.2) is 35.3 Å². The van der Waals surface area contributed by atoms with Crippen LogP contribution in [-0.2, 0) is 9.59 Å². The van der Waals surface area contributed by atoms with Gasteiger partial charge in [-0.3, -0.25) is 14.4 Å². The Morgan fingerprint density at radius 2 is 1.71 bits per heavy atom. The average molecular weight is 437 g/mol. The number of fused-ring (bicyclic) bond motifs is 3. The summed E-state index contributed by atoms with van der Waals surface area (Å²) in [5, 5.41) is 9.80. The Balaban J connectivity index is 0.000000628. The molecule has 3 aromatic rings. The third kappa shape index (κ3) is 4.71. The van der Waals surface area contributed by atoms with Crippen LogP contribution in [0, 0.1) is 20.8 Å². The maximum atomic E-state index is 12.3. The Hall–Kier alpha value is -2.93. The van der Waals surface area contributed by atoms with E-state index >= 15 is 0 Å². The SMILES string of the molecule is CC(C)=O.CCC(=O)C[C@@H]1N=C(c2ccccc2)c2c(sc(C)c2C)-n2c(C)nnc21. The molecule has 31 heavy (non-hydrogen) atoms. The summed E-state index contributed by atoms with van der Waals surface area (Å²) in [5.41, 5.74) is 4.34. The standard InChI is InChI=1S/C21H22N4OS.C3H6O/c1-5-16(26)11-17-20-24-23-14(4)25(20)21-18(12(2)13(3)27-21)19(22-17)15-9-7-6-8-10-15;1-3(2)4/h6-10,17H,5,11H2,1-4H3;1-2H3/t17-;/m0./s1. The molecule has 1 aromatic carbocycles. The molecule has 1 aliphatic rings. The number of aliphatic imine (C=N–C) groups is 1. The van der Waals surface area contributed by atoms with Crippen LogP contribution in [0.5, 0.6) is 0 Å². The number of aromatic nitrogens is 3. The largest absolute Gasteiger partial charge is 0.300 e. The number of benzene rings is 1. The van der Waals surface area contributed by atoms with Gasteiger partial charge in [0.05, 0.1) is 5.71 Å². The van der Waals surface area contributed by atoms with Crippen LogP contribution in [0.4, 0.5) is 0 Å². The third-order valence-corrected chi connectivity index (χ3v) is 6.29. The second-order valence-electron chi connectivity index (χ2n) is 7.77. The van der Waals surface area contributed by atoms with Gasteiger partial charge < -0.3 is 4.79 Å². The molecule has 4 rings (SSSR count). The van der Waals surface area contributed by atoms with Crippen molar-refractivity contribution in [3.63, 3.8) is 0 Å². The van der Waals surface area contributed by atoms with E-state index in [1.54, 1.807) is 11.3 Å². The van der Waals surface area contributed by atoms with Crippen molar-refractivity contribution in [3.05, 3.63) is 63.5 Å². The van der Waals surface area contributed by atoms with Gasteiger partial charge in [0.15, 0.2) is 5.82 Å². The van der Waals surface area contributed by atoms with E-state index in [-0.39, 0.29) is 17.6 Å². The molecule has 6 nitrogen and oxygen atoms in total. The number of rotatable bonds is 4. The predicted octanol–water partition coefficient (Wildman–Crippen LogP) is 5.11. The van der Waals surface area contributed by atoms with E-state index in [2.05, 4.69) is 40.7 Å². The second kappa shape index (κ2) is 9.47. The lowest BCUT2D eigenvalue weighted by molar-refractivity contribution is -0.119. The van der Waals surface area contributed by atoms with E-state index in [1.807, 2.05) is 32.0 Å². The number of hydrogen-bond donors (Lipinski definition) is 0. The van der Waals surface area contributed by atoms with E-state index in [0.717, 1.165) is 33.5 Å². The van der Waals surface area contributed by atoms with E-state index in [4.69, 9.17) is 4.99 Å². The van der Waals surface area contributed by atoms with Crippen LogP contribution < -0.4 is 0 Å². The monoisotopic (exact) mass is 436 g/mol. The fraction of sp³-hybridized carbons (Fsp3) is 0.375. The van der Waals surface area contributed by atoms with Crippen LogP contribution in [0.2, 0.25) is 0 Å². The molecule has 0 spiro atoms. The third-order valence-electron chi connectivity index (χ3n) is 5.10. The Bertz CT molecular complexity index is 1140. The predicted molar refractivity (Wildman–Crippen MR) is 125 cm³/mol. The zero-order chi connectivity index (χ0) is 22.7. The van der Waals surface area contributed by atoms with Crippen LogP contribution in [0.25, 0.3) is 5.00 Å². The molecule has 0 aliphatic carbocycles. The first-order valence-corrected chi connectivity index (χ1v) is 11.2. The summed E-state index contributed by atoms with van der Waals surface area (Å²) in [6, 6.07) is 9.88. The zero-order valence-corrected chi connectivity index (χ0v) is 19.7. The highest BCUT2D eigenvalue weighted by molar-refractivity contribution is 7.15. The summed E-state index contributed by atoms with van der Waals surface area (Å²) < 4.78 is 2.09. The molecule has 0 saturated carbocycles. The lowest BCUT2D eigenvalue weighted by Crippen LogP contribution is -2.10. The maximum absolute atomic E-state index is 12.3. The Morgan fingerprint density at radius 3 is 2.32 bits per heavy atom. The van der Waals surface area contributed by atoms with Crippen molar-refractivity contribution in [2.75, 3.05) is 0 Å². The molecule has 7 heteroatoms. The van der Waals surface area contributed by atoms with Gasteiger partial charge >= 0.3 is 0 Å². The molecule has 0 amide bonds. The number of carbonyl (C=O) groups is 2. The van der Waals surface area contributed by atoms with Gasteiger partial charge in [0.25, 0.3) is 0 Å². The summed E-state index contributed by atoms with van der Waals surface area (Å²) in [6.45, 7) is 11.2. The van der Waals surface area contributed by atoms with Gasteiger partial charge in [-0.05, 0) is 40.2 Å². The van der Waals surface area contributed by atoms with Gasteiger partial charge in [0.1, 0.15) is 28.4 Å². The average Bonchev–Trinajstić information content (AvgIpc) is 3.20. The number of thiophene rings is 1. The quantitative estimate of drug-likeness (QED) is 0.569. The Labute approximate surface area is 187 Å². The van der Waals surface area contributed by atoms with Crippen LogP contribution in [0.3, 0.4) is 0 Å². The van der Waals surface area contributed by atoms with Gasteiger partial charge in [-0.1, -0.05) is 37.3 Å². The molecule has 1 atom stereocenters. The number of nitrogens with zero attached hydrogens (tertiary/aromatic N) is 4. The summed E-state index contributed by atoms with van der Waals surface area (Å²) in [6.07, 6.45) is 0.845. The smallest absolute Gasteiger partial charge is 0.163 e. The van der Waals surface area contributed by atoms with E-state index in [0.29, 0.717) is 12.8 Å². The molecular weight excluding hydrogens is 408 g/mol. The van der Waals surface area contributed by atoms with Crippen LogP contribution in [-0.4, -0.2) is 32.0 Å². The molecule has 1 aliphatic heterocycles. The van der Waals surface area contributed by atoms with Gasteiger partial charge in [-0.2, -0.15) is 0 Å². The number of ketones is 2. The normalized spacial score (nSPS) is 14.5. The molecule has 0 radical (unpaired) electrons. The minimum atomic E-state index is -0.326. The van der Waals surface area contributed by atoms with Crippen molar-refractivity contribution in [3.8, 4) is 5.00 Å². The van der Waals surface area contributed by atoms with Crippen molar-refractivity contribution >= 4 is 28.6 Å². The van der Waals surface area contributed by atoms with Crippen molar-refractivity contribution < 1.29 is 9.59 Å². The van der Waals surface area contributed by atoms with E-state index in [9.17, 15) is 9.59 Å². The molecule has 0 unspecified atom stereocenters. The summed E-state index contributed by atoms with van der Waals surface area (Å²) >= 11 is 1.73. The summed E-state index contributed by atoms with van der Waals surface area (Å²) in [7, 11) is 0. The fourth-order valence-electron chi connectivity index (χ4n) is 3.48. The second-order valence-corrected chi connectivity index (χ2v) is 8.97. The van der Waals surface area contributed by atoms with Crippen molar-refractivity contribution in [2.45, 2.75) is 60.4 Å². The molecule has 3 heterocycles. The van der Waals surface area contributed by atoms with E-state index in [1.165, 1.54) is 24.3 Å². The van der Waals surface area contributed by atoms with Gasteiger partial charge in [-0.15, -0.1) is 21.5 Å². The van der Waals surface area contributed by atoms with Crippen molar-refractivity contribution in [1.29, 1.82) is 0 Å². The summed E-state index contributed by atoms with van der Waals surface area (Å²) in [4.78, 5) is 28.0. The Morgan fingerprint density at radius 1 is 1.06 bits per heavy atom. The molecule has 0 fully saturated rings. The molecule has 0 saturated heterocycles. The maximum Gasteiger partial charge on any atom is 0.163 e. The first-order valence-electron chi connectivity index (χ1n) is 10.4. The van der Waals surface area contributed by atoms with Crippen LogP contribution in [0.1, 0.15) is 72.9 Å². The minimum Gasteiger partial charge on any atom is -0.300 e.